The Morgan fingerprint density at radius 1 is 0.531 bits per heavy atom. The molecule has 9 aromatic carbocycles. The molecule has 0 radical (unpaired) electrons. The van der Waals surface area contributed by atoms with Gasteiger partial charge in [0.15, 0.2) is 5.58 Å². The smallest absolute Gasteiger partial charge is 0.328 e. The van der Waals surface area contributed by atoms with E-state index in [1.165, 1.54) is 36.4 Å². The van der Waals surface area contributed by atoms with Crippen LogP contribution in [0.15, 0.2) is 229 Å². The van der Waals surface area contributed by atoms with Gasteiger partial charge in [-0.2, -0.15) is 0 Å². The summed E-state index contributed by atoms with van der Waals surface area (Å²) in [6, 6.07) is 66.4. The number of fused-ring (bicyclic) bond motifs is 4. The fourth-order valence-corrected chi connectivity index (χ4v) is 12.4. The topological polar surface area (TPSA) is 225 Å². The number of carboxylic acids is 1. The van der Waals surface area contributed by atoms with Crippen molar-refractivity contribution in [1.29, 1.82) is 0 Å². The molecule has 16 nitrogen and oxygen atoms in total. The van der Waals surface area contributed by atoms with E-state index in [0.717, 1.165) is 131 Å². The largest absolute Gasteiger partial charge is 0.508 e. The van der Waals surface area contributed by atoms with E-state index in [4.69, 9.17) is 43.5 Å². The number of halogens is 2. The van der Waals surface area contributed by atoms with Crippen molar-refractivity contribution in [1.82, 2.24) is 10.1 Å². The highest BCUT2D eigenvalue weighted by atomic mass is 79.9. The summed E-state index contributed by atoms with van der Waals surface area (Å²) in [5.74, 6) is 1.96. The zero-order valence-corrected chi connectivity index (χ0v) is 55.5. The third-order valence-corrected chi connectivity index (χ3v) is 17.5. The number of hydrogen-bond acceptors (Lipinski definition) is 15. The predicted octanol–water partition coefficient (Wildman–Crippen LogP) is 16.8. The van der Waals surface area contributed by atoms with Crippen molar-refractivity contribution in [3.8, 4) is 46.0 Å². The summed E-state index contributed by atoms with van der Waals surface area (Å²) in [6.45, 7) is 4.34. The number of piperidine rings is 1. The van der Waals surface area contributed by atoms with Gasteiger partial charge >= 0.3 is 23.9 Å². The molecule has 14 rings (SSSR count). The van der Waals surface area contributed by atoms with Crippen LogP contribution in [-0.4, -0.2) is 92.5 Å². The second-order valence-corrected chi connectivity index (χ2v) is 24.6. The van der Waals surface area contributed by atoms with Crippen LogP contribution < -0.4 is 23.7 Å². The maximum absolute atomic E-state index is 13.4. The second kappa shape index (κ2) is 35.4. The normalized spacial score (nSPS) is 16.2. The third-order valence-electron chi connectivity index (χ3n) is 16.9. The minimum Gasteiger partial charge on any atom is -0.508 e. The Labute approximate surface area is 576 Å². The summed E-state index contributed by atoms with van der Waals surface area (Å²) >= 11 is 3.41. The van der Waals surface area contributed by atoms with Crippen molar-refractivity contribution < 1.29 is 72.2 Å². The van der Waals surface area contributed by atoms with Crippen molar-refractivity contribution in [2.75, 3.05) is 38.2 Å². The van der Waals surface area contributed by atoms with E-state index in [9.17, 15) is 28.7 Å². The van der Waals surface area contributed by atoms with Gasteiger partial charge in [-0.15, -0.1) is 0 Å². The van der Waals surface area contributed by atoms with E-state index < -0.39 is 5.97 Å². The van der Waals surface area contributed by atoms with Crippen molar-refractivity contribution in [2.24, 2.45) is 0 Å². The molecule has 0 aliphatic carbocycles. The van der Waals surface area contributed by atoms with E-state index in [-0.39, 0.29) is 58.7 Å². The van der Waals surface area contributed by atoms with Gasteiger partial charge in [0, 0.05) is 87.5 Å². The van der Waals surface area contributed by atoms with Crippen LogP contribution in [0.1, 0.15) is 126 Å². The molecular weight excluding hydrogens is 1310 g/mol. The van der Waals surface area contributed by atoms with E-state index in [0.29, 0.717) is 61.2 Å². The fourth-order valence-electron chi connectivity index (χ4n) is 12.0. The van der Waals surface area contributed by atoms with E-state index in [1.807, 2.05) is 140 Å². The molecule has 18 heteroatoms. The first-order valence-electron chi connectivity index (χ1n) is 32.6. The summed E-state index contributed by atoms with van der Waals surface area (Å²) < 4.78 is 46.7. The lowest BCUT2D eigenvalue weighted by molar-refractivity contribution is -0.136. The van der Waals surface area contributed by atoms with Gasteiger partial charge in [0.1, 0.15) is 51.8 Å². The SMILES string of the molecule is O=C(O)/C=C/c1ccccc1.O=C1CC(c2ccccc2)c2ccc(O)cc2O1.O=C1CC(c2ccccc2)c2ccc(OCCCCBr)cc2O1.O=C1CC(c2ccccc2)c2ccc(OCCCCN3CCC(c4noc5cc(F)ccc45)CC3)cc2O1.Oc1cccc(O)c1. The molecule has 3 unspecified atom stereocenters. The highest BCUT2D eigenvalue weighted by Gasteiger charge is 2.32. The van der Waals surface area contributed by atoms with E-state index in [1.54, 1.807) is 24.3 Å². The maximum Gasteiger partial charge on any atom is 0.328 e. The van der Waals surface area contributed by atoms with Gasteiger partial charge in [0.05, 0.1) is 38.2 Å². The van der Waals surface area contributed by atoms with Crippen LogP contribution in [0.25, 0.3) is 17.0 Å². The number of phenols is 3. The number of phenolic OH excluding ortho intramolecular Hbond substituents is 3. The molecular formula is C80H76BrFN2O14. The van der Waals surface area contributed by atoms with E-state index in [2.05, 4.69) is 50.3 Å². The molecule has 4 aliphatic heterocycles. The lowest BCUT2D eigenvalue weighted by Gasteiger charge is -2.31. The molecule has 4 N–H and O–H groups in total. The number of rotatable bonds is 17. The number of aromatic nitrogens is 1. The van der Waals surface area contributed by atoms with Crippen LogP contribution in [-0.2, 0) is 19.2 Å². The quantitative estimate of drug-likeness (QED) is 0.0219. The molecule has 10 aromatic rings. The minimum atomic E-state index is -0.922. The Bertz CT molecular complexity index is 4260. The number of esters is 3. The molecule has 3 atom stereocenters. The number of nitrogens with zero attached hydrogens (tertiary/aromatic N) is 2. The van der Waals surface area contributed by atoms with Gasteiger partial charge < -0.3 is 53.5 Å². The van der Waals surface area contributed by atoms with Gasteiger partial charge in [-0.05, 0) is 129 Å². The van der Waals surface area contributed by atoms with Crippen molar-refractivity contribution in [2.45, 2.75) is 81.5 Å². The van der Waals surface area contributed by atoms with Gasteiger partial charge in [0.2, 0.25) is 0 Å². The first kappa shape index (κ1) is 70.2. The number of benzene rings is 9. The predicted molar refractivity (Wildman–Crippen MR) is 375 cm³/mol. The van der Waals surface area contributed by atoms with Crippen molar-refractivity contribution >= 4 is 56.9 Å². The lowest BCUT2D eigenvalue weighted by atomic mass is 9.86. The number of carbonyl (C=O) groups excluding carboxylic acids is 3. The highest BCUT2D eigenvalue weighted by Crippen LogP contribution is 2.43. The molecule has 0 amide bonds. The minimum absolute atomic E-state index is 0.00282. The molecule has 0 bridgehead atoms. The number of carbonyl (C=O) groups is 4. The lowest BCUT2D eigenvalue weighted by Crippen LogP contribution is -2.34. The average molecular weight is 1390 g/mol. The molecule has 1 aromatic heterocycles. The average Bonchev–Trinajstić information content (AvgIpc) is 1.38. The molecule has 5 heterocycles. The Morgan fingerprint density at radius 2 is 0.990 bits per heavy atom. The number of aromatic hydroxyl groups is 3. The Balaban J connectivity index is 0.000000147. The maximum atomic E-state index is 13.4. The van der Waals surface area contributed by atoms with Crippen LogP contribution in [0, 0.1) is 5.82 Å². The van der Waals surface area contributed by atoms with Crippen LogP contribution in [0.5, 0.6) is 46.0 Å². The number of ether oxygens (including phenoxy) is 5. The first-order chi connectivity index (χ1) is 47.7. The number of unbranched alkanes of at least 4 members (excludes halogenated alkanes) is 2. The molecule has 1 saturated heterocycles. The van der Waals surface area contributed by atoms with E-state index >= 15 is 0 Å². The van der Waals surface area contributed by atoms with Crippen LogP contribution in [0.2, 0.25) is 0 Å². The van der Waals surface area contributed by atoms with Crippen LogP contribution in [0.4, 0.5) is 4.39 Å². The number of carboxylic acid groups (broad SMARTS) is 1. The van der Waals surface area contributed by atoms with Gasteiger partial charge in [0.25, 0.3) is 0 Å². The molecule has 4 aliphatic rings. The third kappa shape index (κ3) is 20.3. The Morgan fingerprint density at radius 3 is 1.46 bits per heavy atom. The summed E-state index contributed by atoms with van der Waals surface area (Å²) in [4.78, 5) is 48.4. The number of aliphatic carboxylic acids is 1. The number of hydrogen-bond donors (Lipinski definition) is 4. The standard InChI is InChI=1S/C31H31FN2O4.C19H19BrO3.C15H12O3.C9H8O2.C6H6O2/c32-23-8-10-26-29(18-23)38-33-31(26)22-12-15-34(16-13-22)14-4-5-17-36-24-9-11-25-27(21-6-2-1-3-7-21)20-30(35)37-28(25)19-24;20-10-4-5-11-22-15-8-9-16-17(14-6-2-1-3-7-14)13-19(21)23-18(16)12-15;16-11-6-7-12-13(10-4-2-1-3-5-10)9-15(17)18-14(12)8-11;10-9(11)7-6-8-4-2-1-3-5-8;7-5-2-1-3-6(8)4-5/h1-3,6-11,18-19,22,27H,4-5,12-17,20H2;1-3,6-9,12,17H,4-5,10-11,13H2;1-8,13,16H,9H2;1-7H,(H,10,11);1-4,7-8H/b;;;7-6+;. The summed E-state index contributed by atoms with van der Waals surface area (Å²) in [5.41, 5.74) is 8.73. The van der Waals surface area contributed by atoms with Crippen LogP contribution >= 0.6 is 15.9 Å². The summed E-state index contributed by atoms with van der Waals surface area (Å²) in [5, 5.41) is 41.2. The van der Waals surface area contributed by atoms with Crippen molar-refractivity contribution in [3.63, 3.8) is 0 Å². The highest BCUT2D eigenvalue weighted by molar-refractivity contribution is 9.09. The van der Waals surface area contributed by atoms with Gasteiger partial charge in [-0.1, -0.05) is 167 Å². The monoisotopic (exact) mass is 1390 g/mol. The molecule has 504 valence electrons. The molecule has 1 fully saturated rings. The summed E-state index contributed by atoms with van der Waals surface area (Å²) in [6.07, 6.45) is 9.85. The second-order valence-electron chi connectivity index (χ2n) is 23.8. The Hall–Kier alpha value is -10.6. The Kier molecular flexibility index (Phi) is 25.4. The number of alkyl halides is 1. The number of likely N-dealkylation sites (tertiary alicyclic amines) is 1. The van der Waals surface area contributed by atoms with Gasteiger partial charge in [-0.25, -0.2) is 9.18 Å². The molecule has 0 saturated carbocycles. The molecule has 0 spiro atoms. The first-order valence-corrected chi connectivity index (χ1v) is 33.8. The van der Waals surface area contributed by atoms with Crippen molar-refractivity contribution in [3.05, 3.63) is 275 Å². The molecule has 98 heavy (non-hydrogen) atoms. The zero-order valence-electron chi connectivity index (χ0n) is 53.9. The van der Waals surface area contributed by atoms with Gasteiger partial charge in [-0.3, -0.25) is 14.4 Å². The summed E-state index contributed by atoms with van der Waals surface area (Å²) in [7, 11) is 0. The zero-order chi connectivity index (χ0) is 68.6. The fraction of sp³-hybridized carbons (Fsp3) is 0.237. The van der Waals surface area contributed by atoms with Crippen LogP contribution in [0.3, 0.4) is 0 Å².